The van der Waals surface area contributed by atoms with E-state index in [1.807, 2.05) is 0 Å². The van der Waals surface area contributed by atoms with Gasteiger partial charge in [0.2, 0.25) is 0 Å². The molecule has 0 aliphatic carbocycles. The third-order valence-electron chi connectivity index (χ3n) is 5.38. The molecule has 6 heteroatoms. The summed E-state index contributed by atoms with van der Waals surface area (Å²) in [5.74, 6) is -0.990. The number of carboxylic acid groups (broad SMARTS) is 1. The summed E-state index contributed by atoms with van der Waals surface area (Å²) in [6.07, 6.45) is 1.18. The fourth-order valence-electron chi connectivity index (χ4n) is 3.84. The molecular formula is C30H24IrN3O2-. The Kier molecular flexibility index (Phi) is 4.42. The monoisotopic (exact) mass is 661 g/mol. The van der Waals surface area contributed by atoms with Crippen LogP contribution in [0.2, 0.25) is 0 Å². The van der Waals surface area contributed by atoms with Crippen molar-refractivity contribution in [3.8, 4) is 11.3 Å². The van der Waals surface area contributed by atoms with Crippen molar-refractivity contribution in [1.82, 2.24) is 14.4 Å². The van der Waals surface area contributed by atoms with Crippen LogP contribution in [-0.2, 0) is 20.1 Å². The number of carbonyl (C=O) groups is 1. The van der Waals surface area contributed by atoms with Gasteiger partial charge in [0, 0.05) is 46.3 Å². The molecule has 0 amide bonds. The summed E-state index contributed by atoms with van der Waals surface area (Å²) in [4.78, 5) is 18.1. The van der Waals surface area contributed by atoms with Gasteiger partial charge in [-0.05, 0) is 56.8 Å². The molecule has 181 valence electrons. The molecule has 3 aromatic heterocycles. The normalized spacial score (nSPS) is 14.5. The average Bonchev–Trinajstić information content (AvgIpc) is 3.36. The average molecular weight is 661 g/mol. The van der Waals surface area contributed by atoms with Crippen molar-refractivity contribution in [1.29, 1.82) is 0 Å². The Morgan fingerprint density at radius 1 is 1.00 bits per heavy atom. The van der Waals surface area contributed by atoms with Crippen LogP contribution in [-0.4, -0.2) is 25.4 Å². The maximum absolute atomic E-state index is 10.1. The van der Waals surface area contributed by atoms with E-state index in [0.29, 0.717) is 16.7 Å². The van der Waals surface area contributed by atoms with Crippen molar-refractivity contribution in [2.75, 3.05) is 0 Å². The van der Waals surface area contributed by atoms with Gasteiger partial charge in [-0.3, -0.25) is 4.98 Å². The molecule has 0 atom stereocenters. The van der Waals surface area contributed by atoms with E-state index in [1.165, 1.54) is 23.6 Å². The zero-order valence-electron chi connectivity index (χ0n) is 29.3. The van der Waals surface area contributed by atoms with Gasteiger partial charge in [0.1, 0.15) is 5.69 Å². The zero-order chi connectivity index (χ0) is 33.2. The molecule has 1 N–H and O–H groups in total. The summed E-state index contributed by atoms with van der Waals surface area (Å²) in [5.41, 5.74) is 1.47. The molecule has 3 aromatic carbocycles. The van der Waals surface area contributed by atoms with Gasteiger partial charge >= 0.3 is 5.97 Å². The minimum Gasteiger partial charge on any atom is -0.477 e. The summed E-state index contributed by atoms with van der Waals surface area (Å²) < 4.78 is 85.9. The number of benzene rings is 3. The van der Waals surface area contributed by atoms with Crippen LogP contribution in [0.4, 0.5) is 0 Å². The molecule has 0 aliphatic heterocycles. The Hall–Kier alpha value is -3.86. The number of hydrogen-bond acceptors (Lipinski definition) is 3. The molecule has 5 nitrogen and oxygen atoms in total. The van der Waals surface area contributed by atoms with Gasteiger partial charge < -0.3 is 9.51 Å². The van der Waals surface area contributed by atoms with E-state index in [1.54, 1.807) is 26.0 Å². The maximum atomic E-state index is 10.1. The first-order valence-electron chi connectivity index (χ1n) is 15.6. The van der Waals surface area contributed by atoms with E-state index in [-0.39, 0.29) is 119 Å². The summed E-state index contributed by atoms with van der Waals surface area (Å²) in [5, 5.41) is 8.65. The van der Waals surface area contributed by atoms with Crippen molar-refractivity contribution in [3.63, 3.8) is 0 Å². The summed E-state index contributed by atoms with van der Waals surface area (Å²) in [6.45, 7) is 4.73. The number of hydrogen-bond donors (Lipinski definition) is 1. The van der Waals surface area contributed by atoms with E-state index in [9.17, 15) is 4.79 Å². The Balaban J connectivity index is 0.000000416. The van der Waals surface area contributed by atoms with Gasteiger partial charge in [-0.15, -0.1) is 29.6 Å². The fraction of sp³-hybridized carbons (Fsp3) is 0.100. The van der Waals surface area contributed by atoms with Crippen LogP contribution >= 0.6 is 0 Å². The van der Waals surface area contributed by atoms with Crippen LogP contribution in [0.3, 0.4) is 0 Å². The van der Waals surface area contributed by atoms with Crippen molar-refractivity contribution in [3.05, 3.63) is 113 Å². The van der Waals surface area contributed by atoms with Crippen molar-refractivity contribution < 1.29 is 43.7 Å². The number of fused-ring (bicyclic) bond motifs is 6. The summed E-state index contributed by atoms with van der Waals surface area (Å²) in [7, 11) is 0. The van der Waals surface area contributed by atoms with Crippen LogP contribution in [0.25, 0.3) is 38.6 Å². The predicted molar refractivity (Wildman–Crippen MR) is 140 cm³/mol. The van der Waals surface area contributed by atoms with Gasteiger partial charge in [0.05, 0.1) is 20.9 Å². The minimum absolute atomic E-state index is 0. The van der Waals surface area contributed by atoms with Crippen LogP contribution in [0, 0.1) is 26.8 Å². The van der Waals surface area contributed by atoms with E-state index in [2.05, 4.69) is 16.0 Å². The molecular weight excluding hydrogens is 627 g/mol. The molecule has 0 fully saturated rings. The summed E-state index contributed by atoms with van der Waals surface area (Å²) in [6, 6.07) is 5.20. The van der Waals surface area contributed by atoms with Gasteiger partial charge in [-0.2, -0.15) is 0 Å². The maximum Gasteiger partial charge on any atom is 0.354 e. The molecule has 0 saturated carbocycles. The molecule has 36 heavy (non-hydrogen) atoms. The van der Waals surface area contributed by atoms with Crippen LogP contribution < -0.4 is 0 Å². The molecule has 0 aliphatic rings. The Morgan fingerprint density at radius 3 is 2.44 bits per heavy atom. The Labute approximate surface area is 236 Å². The van der Waals surface area contributed by atoms with Gasteiger partial charge in [-0.1, -0.05) is 47.2 Å². The molecule has 3 heterocycles. The third-order valence-corrected chi connectivity index (χ3v) is 5.38. The van der Waals surface area contributed by atoms with Gasteiger partial charge in [-0.25, -0.2) is 9.78 Å². The Bertz CT molecular complexity index is 2210. The van der Waals surface area contributed by atoms with Crippen molar-refractivity contribution in [2.45, 2.75) is 20.8 Å². The molecule has 1 radical (unpaired) electrons. The summed E-state index contributed by atoms with van der Waals surface area (Å²) >= 11 is 0. The second kappa shape index (κ2) is 10.4. The zero-order valence-corrected chi connectivity index (χ0v) is 21.7. The van der Waals surface area contributed by atoms with E-state index in [0.717, 1.165) is 0 Å². The van der Waals surface area contributed by atoms with Gasteiger partial charge in [0.15, 0.2) is 0 Å². The van der Waals surface area contributed by atoms with Crippen LogP contribution in [0.1, 0.15) is 40.9 Å². The molecule has 0 saturated heterocycles. The number of pyridine rings is 2. The molecule has 6 rings (SSSR count). The number of nitrogens with zero attached hydrogens (tertiary/aromatic N) is 3. The van der Waals surface area contributed by atoms with Crippen molar-refractivity contribution in [2.24, 2.45) is 0 Å². The first kappa shape index (κ1) is 15.3. The van der Waals surface area contributed by atoms with Crippen molar-refractivity contribution >= 4 is 33.3 Å². The fourth-order valence-corrected chi connectivity index (χ4v) is 3.84. The van der Waals surface area contributed by atoms with Crippen LogP contribution in [0.5, 0.6) is 0 Å². The first-order valence-corrected chi connectivity index (χ1v) is 10.6. The second-order valence-electron chi connectivity index (χ2n) is 7.72. The number of imidazole rings is 1. The molecule has 0 bridgehead atoms. The largest absolute Gasteiger partial charge is 0.477 e. The van der Waals surface area contributed by atoms with E-state index < -0.39 is 12.0 Å². The molecule has 0 unspecified atom stereocenters. The van der Waals surface area contributed by atoms with Crippen LogP contribution in [0.15, 0.2) is 85.0 Å². The minimum atomic E-state index is -0.990. The topological polar surface area (TPSA) is 67.5 Å². The third kappa shape index (κ3) is 4.53. The Morgan fingerprint density at radius 2 is 1.78 bits per heavy atom. The number of rotatable bonds is 2. The SMILES string of the molecule is O=C(O)c1ccccn1.[2H]c1[c-]c2c(c([2H])c1[2H])c1c([2H])c(C)c([2H])c([2H])c1n1c(-c3c(C)c([2H])c([2H])c([2H])c3C)c([2H])nc21.[Ir]. The number of aromatic carboxylic acids is 1. The quantitative estimate of drug-likeness (QED) is 0.164. The number of aromatic nitrogens is 3. The molecule has 0 spiro atoms. The first-order chi connectivity index (χ1) is 21.1. The van der Waals surface area contributed by atoms with E-state index in [4.69, 9.17) is 18.8 Å². The smallest absolute Gasteiger partial charge is 0.354 e. The standard InChI is InChI=1S/C24H19N2.C6H5NO2.Ir/c1-15-11-12-21-20(13-15)18-9-4-5-10-19(18)24-25-14-22(26(21)24)23-16(2)7-6-8-17(23)3;8-6(9)5-3-1-2-4-7-5;/h4-9,11-14H,1-3H3;1-4H,(H,8,9);/q-1;;/i4D,5D,6D,7D,8D,9D,11D,12D,13D,14D;;. The predicted octanol–water partition coefficient (Wildman–Crippen LogP) is 6.81. The van der Waals surface area contributed by atoms with Gasteiger partial charge in [0.25, 0.3) is 0 Å². The second-order valence-corrected chi connectivity index (χ2v) is 7.72. The van der Waals surface area contributed by atoms with E-state index >= 15 is 0 Å². The number of carboxylic acids is 1. The molecule has 6 aromatic rings.